The maximum Gasteiger partial charge on any atom is 0.317 e. The average Bonchev–Trinajstić information content (AvgIpc) is 3.10. The molecule has 1 fully saturated rings. The fourth-order valence-corrected chi connectivity index (χ4v) is 2.73. The number of nitrogens with zero attached hydrogens (tertiary/aromatic N) is 3. The van der Waals surface area contributed by atoms with Crippen molar-refractivity contribution in [1.29, 1.82) is 0 Å². The SMILES string of the molecule is CCNC(=O)N1CCC[C@H](OCc2nc(-c3ccccc3)no2)C1. The van der Waals surface area contributed by atoms with E-state index in [4.69, 9.17) is 9.26 Å². The van der Waals surface area contributed by atoms with Gasteiger partial charge >= 0.3 is 6.03 Å². The normalized spacial score (nSPS) is 17.7. The summed E-state index contributed by atoms with van der Waals surface area (Å²) in [5.41, 5.74) is 0.910. The molecule has 1 N–H and O–H groups in total. The Morgan fingerprint density at radius 2 is 2.25 bits per heavy atom. The molecule has 1 saturated heterocycles. The van der Waals surface area contributed by atoms with Gasteiger partial charge in [-0.05, 0) is 19.8 Å². The van der Waals surface area contributed by atoms with Gasteiger partial charge in [0.2, 0.25) is 5.82 Å². The number of urea groups is 1. The summed E-state index contributed by atoms with van der Waals surface area (Å²) in [4.78, 5) is 18.0. The molecule has 0 radical (unpaired) electrons. The third kappa shape index (κ3) is 4.11. The number of carbonyl (C=O) groups is 1. The highest BCUT2D eigenvalue weighted by atomic mass is 16.5. The number of likely N-dealkylation sites (tertiary alicyclic amines) is 1. The molecule has 2 amide bonds. The second-order valence-electron chi connectivity index (χ2n) is 5.73. The van der Waals surface area contributed by atoms with Crippen LogP contribution in [0.5, 0.6) is 0 Å². The van der Waals surface area contributed by atoms with Crippen LogP contribution in [-0.2, 0) is 11.3 Å². The van der Waals surface area contributed by atoms with Gasteiger partial charge in [0, 0.05) is 25.2 Å². The molecule has 1 aromatic carbocycles. The number of benzene rings is 1. The van der Waals surface area contributed by atoms with Gasteiger partial charge in [-0.2, -0.15) is 4.98 Å². The van der Waals surface area contributed by atoms with Gasteiger partial charge in [0.15, 0.2) is 0 Å². The van der Waals surface area contributed by atoms with E-state index in [1.54, 1.807) is 4.90 Å². The molecule has 0 aliphatic carbocycles. The van der Waals surface area contributed by atoms with Crippen LogP contribution in [0.1, 0.15) is 25.7 Å². The Bertz CT molecular complexity index is 659. The maximum absolute atomic E-state index is 11.9. The molecule has 0 saturated carbocycles. The summed E-state index contributed by atoms with van der Waals surface area (Å²) in [6, 6.07) is 9.63. The molecule has 128 valence electrons. The second kappa shape index (κ2) is 7.92. The largest absolute Gasteiger partial charge is 0.367 e. The van der Waals surface area contributed by atoms with E-state index < -0.39 is 0 Å². The Morgan fingerprint density at radius 1 is 1.42 bits per heavy atom. The minimum atomic E-state index is -0.0324. The minimum Gasteiger partial charge on any atom is -0.367 e. The number of nitrogens with one attached hydrogen (secondary N) is 1. The molecule has 3 rings (SSSR count). The number of carbonyl (C=O) groups excluding carboxylic acids is 1. The fourth-order valence-electron chi connectivity index (χ4n) is 2.73. The Morgan fingerprint density at radius 3 is 3.04 bits per heavy atom. The van der Waals surface area contributed by atoms with Crippen molar-refractivity contribution in [2.75, 3.05) is 19.6 Å². The third-order valence-corrected chi connectivity index (χ3v) is 3.94. The van der Waals surface area contributed by atoms with Crippen LogP contribution in [0.2, 0.25) is 0 Å². The smallest absolute Gasteiger partial charge is 0.317 e. The van der Waals surface area contributed by atoms with Crippen molar-refractivity contribution in [2.45, 2.75) is 32.5 Å². The Labute approximate surface area is 141 Å². The van der Waals surface area contributed by atoms with E-state index in [1.165, 1.54) is 0 Å². The number of piperidine rings is 1. The van der Waals surface area contributed by atoms with Crippen LogP contribution < -0.4 is 5.32 Å². The zero-order valence-corrected chi connectivity index (χ0v) is 13.8. The monoisotopic (exact) mass is 330 g/mol. The third-order valence-electron chi connectivity index (χ3n) is 3.94. The number of hydrogen-bond acceptors (Lipinski definition) is 5. The molecule has 2 heterocycles. The topological polar surface area (TPSA) is 80.5 Å². The van der Waals surface area contributed by atoms with Gasteiger partial charge in [0.25, 0.3) is 5.89 Å². The van der Waals surface area contributed by atoms with Gasteiger partial charge in [0.1, 0.15) is 6.61 Å². The predicted octanol–water partition coefficient (Wildman–Crippen LogP) is 2.45. The van der Waals surface area contributed by atoms with Crippen molar-refractivity contribution in [3.8, 4) is 11.4 Å². The summed E-state index contributed by atoms with van der Waals surface area (Å²) in [6.07, 6.45) is 1.85. The molecule has 7 heteroatoms. The highest BCUT2D eigenvalue weighted by Gasteiger charge is 2.24. The van der Waals surface area contributed by atoms with Gasteiger partial charge in [-0.15, -0.1) is 0 Å². The first kappa shape index (κ1) is 16.4. The summed E-state index contributed by atoms with van der Waals surface area (Å²) >= 11 is 0. The molecule has 1 aromatic heterocycles. The van der Waals surface area contributed by atoms with E-state index in [0.717, 1.165) is 24.9 Å². The first-order chi connectivity index (χ1) is 11.8. The maximum atomic E-state index is 11.9. The number of hydrogen-bond donors (Lipinski definition) is 1. The fraction of sp³-hybridized carbons (Fsp3) is 0.471. The number of aromatic nitrogens is 2. The zero-order valence-electron chi connectivity index (χ0n) is 13.8. The summed E-state index contributed by atoms with van der Waals surface area (Å²) in [7, 11) is 0. The predicted molar refractivity (Wildman–Crippen MR) is 88.2 cm³/mol. The highest BCUT2D eigenvalue weighted by molar-refractivity contribution is 5.74. The Hall–Kier alpha value is -2.41. The Balaban J connectivity index is 1.52. The number of amides is 2. The van der Waals surface area contributed by atoms with Crippen molar-refractivity contribution in [2.24, 2.45) is 0 Å². The lowest BCUT2D eigenvalue weighted by Crippen LogP contribution is -2.47. The van der Waals surface area contributed by atoms with Crippen molar-refractivity contribution in [3.63, 3.8) is 0 Å². The van der Waals surface area contributed by atoms with E-state index in [-0.39, 0.29) is 18.7 Å². The van der Waals surface area contributed by atoms with E-state index in [2.05, 4.69) is 15.5 Å². The van der Waals surface area contributed by atoms with Crippen LogP contribution in [0.4, 0.5) is 4.79 Å². The second-order valence-corrected chi connectivity index (χ2v) is 5.73. The molecule has 7 nitrogen and oxygen atoms in total. The summed E-state index contributed by atoms with van der Waals surface area (Å²) in [6.45, 7) is 4.16. The molecule has 1 aliphatic rings. The molecule has 2 aromatic rings. The van der Waals surface area contributed by atoms with Gasteiger partial charge in [-0.25, -0.2) is 4.79 Å². The lowest BCUT2D eigenvalue weighted by Gasteiger charge is -2.32. The van der Waals surface area contributed by atoms with Crippen LogP contribution in [0, 0.1) is 0 Å². The van der Waals surface area contributed by atoms with E-state index in [0.29, 0.717) is 24.8 Å². The molecule has 24 heavy (non-hydrogen) atoms. The van der Waals surface area contributed by atoms with Crippen LogP contribution >= 0.6 is 0 Å². The van der Waals surface area contributed by atoms with E-state index >= 15 is 0 Å². The molecule has 0 bridgehead atoms. The number of rotatable bonds is 5. The lowest BCUT2D eigenvalue weighted by molar-refractivity contribution is -0.0103. The first-order valence-corrected chi connectivity index (χ1v) is 8.28. The minimum absolute atomic E-state index is 0.00608. The summed E-state index contributed by atoms with van der Waals surface area (Å²) in [5.74, 6) is 1.01. The summed E-state index contributed by atoms with van der Waals surface area (Å²) in [5, 5.41) is 6.80. The molecule has 1 atom stereocenters. The van der Waals surface area contributed by atoms with E-state index in [9.17, 15) is 4.79 Å². The van der Waals surface area contributed by atoms with Crippen LogP contribution in [-0.4, -0.2) is 46.8 Å². The lowest BCUT2D eigenvalue weighted by atomic mass is 10.1. The van der Waals surface area contributed by atoms with Crippen LogP contribution in [0.3, 0.4) is 0 Å². The standard InChI is InChI=1S/C17H22N4O3/c1-2-18-17(22)21-10-6-9-14(11-21)23-12-15-19-16(20-24-15)13-7-4-3-5-8-13/h3-5,7-8,14H,2,6,9-12H2,1H3,(H,18,22)/t14-/m0/s1. The van der Waals surface area contributed by atoms with Crippen LogP contribution in [0.25, 0.3) is 11.4 Å². The average molecular weight is 330 g/mol. The van der Waals surface area contributed by atoms with Crippen molar-refractivity contribution < 1.29 is 14.1 Å². The van der Waals surface area contributed by atoms with Crippen molar-refractivity contribution in [1.82, 2.24) is 20.4 Å². The van der Waals surface area contributed by atoms with Crippen molar-refractivity contribution in [3.05, 3.63) is 36.2 Å². The molecule has 0 unspecified atom stereocenters. The summed E-state index contributed by atoms with van der Waals surface area (Å²) < 4.78 is 11.1. The molecular formula is C17H22N4O3. The van der Waals surface area contributed by atoms with E-state index in [1.807, 2.05) is 37.3 Å². The van der Waals surface area contributed by atoms with Gasteiger partial charge in [-0.3, -0.25) is 0 Å². The highest BCUT2D eigenvalue weighted by Crippen LogP contribution is 2.17. The van der Waals surface area contributed by atoms with Crippen molar-refractivity contribution >= 4 is 6.03 Å². The molecule has 0 spiro atoms. The van der Waals surface area contributed by atoms with Gasteiger partial charge in [0.05, 0.1) is 6.10 Å². The van der Waals surface area contributed by atoms with Gasteiger partial charge < -0.3 is 19.5 Å². The molecule has 1 aliphatic heterocycles. The molecular weight excluding hydrogens is 308 g/mol. The number of ether oxygens (including phenoxy) is 1. The van der Waals surface area contributed by atoms with Gasteiger partial charge in [-0.1, -0.05) is 35.5 Å². The zero-order chi connectivity index (χ0) is 16.8. The quantitative estimate of drug-likeness (QED) is 0.911. The van der Waals surface area contributed by atoms with Crippen LogP contribution in [0.15, 0.2) is 34.9 Å². The Kier molecular flexibility index (Phi) is 5.43. The first-order valence-electron chi connectivity index (χ1n) is 8.28.